The summed E-state index contributed by atoms with van der Waals surface area (Å²) >= 11 is 0. The quantitative estimate of drug-likeness (QED) is 0.475. The van der Waals surface area contributed by atoms with Gasteiger partial charge in [-0.3, -0.25) is 15.1 Å². The number of carboxylic acids is 1. The van der Waals surface area contributed by atoms with E-state index >= 15 is 0 Å². The Morgan fingerprint density at radius 1 is 1.27 bits per heavy atom. The molecule has 2 aromatic rings. The Balaban J connectivity index is 2.36. The third kappa shape index (κ3) is 3.45. The summed E-state index contributed by atoms with van der Waals surface area (Å²) in [5.41, 5.74) is 0.706. The number of nitro groups is 1. The Morgan fingerprint density at radius 2 is 2.05 bits per heavy atom. The number of nitro benzene ring substituents is 1. The summed E-state index contributed by atoms with van der Waals surface area (Å²) in [6.07, 6.45) is 1.38. The van der Waals surface area contributed by atoms with E-state index in [-0.39, 0.29) is 11.3 Å². The van der Waals surface area contributed by atoms with E-state index in [1.54, 1.807) is 6.07 Å². The number of hydrogen-bond donors (Lipinski definition) is 0. The Morgan fingerprint density at radius 3 is 2.68 bits per heavy atom. The van der Waals surface area contributed by atoms with Crippen LogP contribution in [0.5, 0.6) is 5.75 Å². The highest BCUT2D eigenvalue weighted by atomic mass is 16.6. The molecule has 0 saturated carbocycles. The first-order valence-electron chi connectivity index (χ1n) is 6.19. The molecule has 0 N–H and O–H groups in total. The number of methoxy groups -OCH3 is 1. The van der Waals surface area contributed by atoms with Crippen molar-refractivity contribution in [2.24, 2.45) is 4.99 Å². The Hall–Kier alpha value is -3.22. The van der Waals surface area contributed by atoms with Crippen LogP contribution in [-0.2, 0) is 0 Å². The lowest BCUT2D eigenvalue weighted by Crippen LogP contribution is -2.21. The zero-order chi connectivity index (χ0) is 16.1. The Bertz CT molecular complexity index is 755. The van der Waals surface area contributed by atoms with Gasteiger partial charge in [0.05, 0.1) is 23.7 Å². The van der Waals surface area contributed by atoms with Gasteiger partial charge in [-0.15, -0.1) is 0 Å². The Kier molecular flexibility index (Phi) is 4.47. The third-order valence-corrected chi connectivity index (χ3v) is 2.86. The van der Waals surface area contributed by atoms with Crippen molar-refractivity contribution in [3.63, 3.8) is 0 Å². The maximum absolute atomic E-state index is 10.8. The normalized spacial score (nSPS) is 10.6. The summed E-state index contributed by atoms with van der Waals surface area (Å²) in [5, 5.41) is 21.6. The number of nitrogens with zero attached hydrogens (tertiary/aromatic N) is 2. The lowest BCUT2D eigenvalue weighted by molar-refractivity contribution is -0.384. The van der Waals surface area contributed by atoms with Crippen LogP contribution in [0.15, 0.2) is 47.5 Å². The van der Waals surface area contributed by atoms with Crippen LogP contribution in [0, 0.1) is 10.1 Å². The van der Waals surface area contributed by atoms with Gasteiger partial charge >= 0.3 is 0 Å². The minimum Gasteiger partial charge on any atom is -0.545 e. The van der Waals surface area contributed by atoms with E-state index < -0.39 is 10.9 Å². The van der Waals surface area contributed by atoms with Gasteiger partial charge in [0.1, 0.15) is 5.75 Å². The summed E-state index contributed by atoms with van der Waals surface area (Å²) in [7, 11) is 1.44. The molecular formula is C15H11N2O5-. The molecule has 0 amide bonds. The molecule has 0 atom stereocenters. The molecule has 0 unspecified atom stereocenters. The van der Waals surface area contributed by atoms with Crippen molar-refractivity contribution in [3.05, 3.63) is 63.7 Å². The van der Waals surface area contributed by atoms with Crippen molar-refractivity contribution in [3.8, 4) is 5.75 Å². The van der Waals surface area contributed by atoms with Crippen LogP contribution in [0.1, 0.15) is 15.9 Å². The van der Waals surface area contributed by atoms with Crippen molar-refractivity contribution in [2.45, 2.75) is 0 Å². The van der Waals surface area contributed by atoms with Gasteiger partial charge in [-0.05, 0) is 23.8 Å². The van der Waals surface area contributed by atoms with Gasteiger partial charge in [0.2, 0.25) is 0 Å². The van der Waals surface area contributed by atoms with Crippen molar-refractivity contribution >= 4 is 23.6 Å². The number of benzene rings is 2. The second kappa shape index (κ2) is 6.49. The maximum atomic E-state index is 10.8. The zero-order valence-electron chi connectivity index (χ0n) is 11.6. The average Bonchev–Trinajstić information content (AvgIpc) is 2.52. The van der Waals surface area contributed by atoms with E-state index in [4.69, 9.17) is 4.74 Å². The summed E-state index contributed by atoms with van der Waals surface area (Å²) in [6, 6.07) is 9.99. The molecule has 0 aliphatic rings. The molecular weight excluding hydrogens is 288 g/mol. The predicted molar refractivity (Wildman–Crippen MR) is 77.7 cm³/mol. The molecule has 2 rings (SSSR count). The lowest BCUT2D eigenvalue weighted by atomic mass is 10.2. The zero-order valence-corrected chi connectivity index (χ0v) is 11.6. The molecule has 0 saturated heterocycles. The van der Waals surface area contributed by atoms with Gasteiger partial charge in [-0.2, -0.15) is 0 Å². The molecule has 2 aromatic carbocycles. The minimum atomic E-state index is -1.30. The number of aromatic carboxylic acids is 1. The average molecular weight is 299 g/mol. The predicted octanol–water partition coefficient (Wildman–Crippen LogP) is 1.72. The van der Waals surface area contributed by atoms with Gasteiger partial charge in [0.15, 0.2) is 0 Å². The molecule has 0 aliphatic carbocycles. The topological polar surface area (TPSA) is 105 Å². The van der Waals surface area contributed by atoms with Crippen molar-refractivity contribution in [2.75, 3.05) is 7.11 Å². The standard InChI is InChI=1S/C15H12N2O5/c1-22-14-6-5-13(17(20)21)8-11(14)9-16-12-4-2-3-10(7-12)15(18)19/h2-9H,1H3,(H,18,19)/p-1. The number of non-ortho nitro benzene ring substituents is 1. The number of rotatable bonds is 5. The maximum Gasteiger partial charge on any atom is 0.270 e. The monoisotopic (exact) mass is 299 g/mol. The SMILES string of the molecule is COc1ccc([N+](=O)[O-])cc1C=Nc1cccc(C(=O)[O-])c1. The van der Waals surface area contributed by atoms with E-state index in [0.29, 0.717) is 17.0 Å². The van der Waals surface area contributed by atoms with E-state index in [9.17, 15) is 20.0 Å². The molecule has 0 fully saturated rings. The highest BCUT2D eigenvalue weighted by Gasteiger charge is 2.09. The van der Waals surface area contributed by atoms with Gasteiger partial charge in [0.25, 0.3) is 5.69 Å². The molecule has 0 spiro atoms. The van der Waals surface area contributed by atoms with Crippen molar-refractivity contribution < 1.29 is 19.6 Å². The first kappa shape index (κ1) is 15.2. The van der Waals surface area contributed by atoms with Crippen LogP contribution in [0.25, 0.3) is 0 Å². The molecule has 7 heteroatoms. The highest BCUT2D eigenvalue weighted by Crippen LogP contribution is 2.23. The molecule has 0 radical (unpaired) electrons. The molecule has 112 valence electrons. The van der Waals surface area contributed by atoms with Crippen LogP contribution in [0.2, 0.25) is 0 Å². The summed E-state index contributed by atoms with van der Waals surface area (Å²) in [4.78, 5) is 25.2. The fourth-order valence-electron chi connectivity index (χ4n) is 1.79. The number of ether oxygens (including phenoxy) is 1. The van der Waals surface area contributed by atoms with Crippen LogP contribution in [0.4, 0.5) is 11.4 Å². The number of carboxylic acid groups (broad SMARTS) is 1. The molecule has 7 nitrogen and oxygen atoms in total. The molecule has 0 bridgehead atoms. The van der Waals surface area contributed by atoms with Crippen molar-refractivity contribution in [1.82, 2.24) is 0 Å². The largest absolute Gasteiger partial charge is 0.545 e. The van der Waals surface area contributed by atoms with E-state index in [1.165, 1.54) is 49.7 Å². The van der Waals surface area contributed by atoms with Crippen LogP contribution in [-0.4, -0.2) is 24.2 Å². The number of aliphatic imine (C=N–C) groups is 1. The molecule has 0 aromatic heterocycles. The smallest absolute Gasteiger partial charge is 0.270 e. The molecule has 0 heterocycles. The fourth-order valence-corrected chi connectivity index (χ4v) is 1.79. The van der Waals surface area contributed by atoms with E-state index in [0.717, 1.165) is 0 Å². The van der Waals surface area contributed by atoms with Gasteiger partial charge < -0.3 is 14.6 Å². The second-order valence-corrected chi connectivity index (χ2v) is 4.28. The highest BCUT2D eigenvalue weighted by molar-refractivity contribution is 5.89. The van der Waals surface area contributed by atoms with Crippen LogP contribution < -0.4 is 9.84 Å². The second-order valence-electron chi connectivity index (χ2n) is 4.28. The first-order chi connectivity index (χ1) is 10.5. The van der Waals surface area contributed by atoms with Gasteiger partial charge in [0, 0.05) is 23.9 Å². The lowest BCUT2D eigenvalue weighted by Gasteiger charge is -2.05. The fraction of sp³-hybridized carbons (Fsp3) is 0.0667. The minimum absolute atomic E-state index is 0.000609. The Labute approximate surface area is 125 Å². The van der Waals surface area contributed by atoms with E-state index in [1.807, 2.05) is 0 Å². The van der Waals surface area contributed by atoms with Gasteiger partial charge in [-0.25, -0.2) is 0 Å². The number of carbonyl (C=O) groups excluding carboxylic acids is 1. The van der Waals surface area contributed by atoms with Gasteiger partial charge in [-0.1, -0.05) is 12.1 Å². The summed E-state index contributed by atoms with van der Waals surface area (Å²) in [6.45, 7) is 0. The van der Waals surface area contributed by atoms with Crippen LogP contribution in [0.3, 0.4) is 0 Å². The van der Waals surface area contributed by atoms with Crippen molar-refractivity contribution in [1.29, 1.82) is 0 Å². The summed E-state index contributed by atoms with van der Waals surface area (Å²) < 4.78 is 5.11. The first-order valence-corrected chi connectivity index (χ1v) is 6.19. The third-order valence-electron chi connectivity index (χ3n) is 2.86. The summed E-state index contributed by atoms with van der Waals surface area (Å²) in [5.74, 6) is -0.879. The number of carbonyl (C=O) groups is 1. The number of hydrogen-bond acceptors (Lipinski definition) is 6. The van der Waals surface area contributed by atoms with Crippen LogP contribution >= 0.6 is 0 Å². The molecule has 0 aliphatic heterocycles. The van der Waals surface area contributed by atoms with E-state index in [2.05, 4.69) is 4.99 Å². The molecule has 22 heavy (non-hydrogen) atoms.